The molecule has 0 amide bonds. The minimum atomic E-state index is -0.398. The normalized spacial score (nSPS) is 45.2. The van der Waals surface area contributed by atoms with E-state index in [2.05, 4.69) is 0 Å². The SMILES string of the molecule is O=C(CCl)C1[C@H]2C[C@@H]3C[C@@H](C[C@H]1C3=O)C2=O. The lowest BCUT2D eigenvalue weighted by Crippen LogP contribution is -2.58. The minimum absolute atomic E-state index is 0.0471. The number of ketones is 3. The molecule has 0 saturated heterocycles. The maximum absolute atomic E-state index is 12.0. The smallest absolute Gasteiger partial charge is 0.152 e. The average molecular weight is 241 g/mol. The van der Waals surface area contributed by atoms with Crippen LogP contribution in [0, 0.1) is 29.6 Å². The van der Waals surface area contributed by atoms with Crippen molar-refractivity contribution in [3.8, 4) is 0 Å². The van der Waals surface area contributed by atoms with Gasteiger partial charge in [0.05, 0.1) is 5.88 Å². The number of carbonyl (C=O) groups is 3. The van der Waals surface area contributed by atoms with E-state index in [1.807, 2.05) is 0 Å². The predicted octanol–water partition coefficient (Wildman–Crippen LogP) is 1.22. The van der Waals surface area contributed by atoms with E-state index in [0.717, 1.165) is 6.42 Å². The molecule has 0 aromatic rings. The van der Waals surface area contributed by atoms with E-state index in [1.54, 1.807) is 0 Å². The highest BCUT2D eigenvalue weighted by molar-refractivity contribution is 6.28. The molecule has 4 rings (SSSR count). The molecule has 0 aliphatic heterocycles. The van der Waals surface area contributed by atoms with Gasteiger partial charge in [-0.3, -0.25) is 14.4 Å². The minimum Gasteiger partial charge on any atom is -0.299 e. The van der Waals surface area contributed by atoms with Gasteiger partial charge in [-0.25, -0.2) is 0 Å². The first-order chi connectivity index (χ1) is 7.63. The Morgan fingerprint density at radius 1 is 1.06 bits per heavy atom. The topological polar surface area (TPSA) is 51.2 Å². The van der Waals surface area contributed by atoms with Gasteiger partial charge in [0.2, 0.25) is 0 Å². The second-order valence-electron chi connectivity index (χ2n) is 5.24. The number of alkyl halides is 1. The fraction of sp³-hybridized carbons (Fsp3) is 0.750. The number of Topliss-reactive ketones (excluding diaryl/α,β-unsaturated/α-hetero) is 3. The summed E-state index contributed by atoms with van der Waals surface area (Å²) in [4.78, 5) is 35.8. The molecule has 86 valence electrons. The van der Waals surface area contributed by atoms with Gasteiger partial charge in [-0.1, -0.05) is 0 Å². The van der Waals surface area contributed by atoms with E-state index < -0.39 is 5.92 Å². The van der Waals surface area contributed by atoms with Crippen LogP contribution in [0.5, 0.6) is 0 Å². The fourth-order valence-electron chi connectivity index (χ4n) is 3.92. The van der Waals surface area contributed by atoms with Gasteiger partial charge in [-0.05, 0) is 19.3 Å². The van der Waals surface area contributed by atoms with Crippen LogP contribution in [-0.2, 0) is 14.4 Å². The van der Waals surface area contributed by atoms with Crippen LogP contribution in [0.1, 0.15) is 19.3 Å². The zero-order valence-corrected chi connectivity index (χ0v) is 9.57. The number of rotatable bonds is 2. The lowest BCUT2D eigenvalue weighted by atomic mass is 9.50. The van der Waals surface area contributed by atoms with E-state index in [4.69, 9.17) is 11.6 Å². The van der Waals surface area contributed by atoms with Gasteiger partial charge in [0, 0.05) is 29.6 Å². The van der Waals surface area contributed by atoms with Gasteiger partial charge in [0.1, 0.15) is 11.6 Å². The summed E-state index contributed by atoms with van der Waals surface area (Å²) in [7, 11) is 0. The van der Waals surface area contributed by atoms with Crippen molar-refractivity contribution in [3.63, 3.8) is 0 Å². The van der Waals surface area contributed by atoms with Crippen molar-refractivity contribution in [2.24, 2.45) is 29.6 Å². The summed E-state index contributed by atoms with van der Waals surface area (Å²) in [5, 5.41) is 0. The average Bonchev–Trinajstić information content (AvgIpc) is 2.27. The first-order valence-corrected chi connectivity index (χ1v) is 6.33. The number of hydrogen-bond donors (Lipinski definition) is 0. The molecule has 4 fully saturated rings. The summed E-state index contributed by atoms with van der Waals surface area (Å²) < 4.78 is 0. The molecule has 0 unspecified atom stereocenters. The molecule has 4 aliphatic rings. The fourth-order valence-corrected chi connectivity index (χ4v) is 4.09. The predicted molar refractivity (Wildman–Crippen MR) is 57.0 cm³/mol. The van der Waals surface area contributed by atoms with Gasteiger partial charge in [-0.2, -0.15) is 0 Å². The van der Waals surface area contributed by atoms with Crippen molar-refractivity contribution in [2.45, 2.75) is 19.3 Å². The molecule has 16 heavy (non-hydrogen) atoms. The van der Waals surface area contributed by atoms with Crippen LogP contribution >= 0.6 is 11.6 Å². The standard InChI is InChI=1S/C12H13ClO3/c13-4-9(14)10-7-2-5-1-6(12(7)16)3-8(10)11(5)15/h5-8,10H,1-4H2/t5-,6-,7+,8+/m0/s1. The Labute approximate surface area is 98.5 Å². The van der Waals surface area contributed by atoms with Crippen LogP contribution in [0.15, 0.2) is 0 Å². The zero-order chi connectivity index (χ0) is 11.4. The maximum Gasteiger partial charge on any atom is 0.152 e. The van der Waals surface area contributed by atoms with Crippen LogP contribution in [0.2, 0.25) is 0 Å². The molecule has 4 atom stereocenters. The number of halogens is 1. The van der Waals surface area contributed by atoms with Crippen molar-refractivity contribution in [2.75, 3.05) is 5.88 Å². The van der Waals surface area contributed by atoms with Crippen LogP contribution in [0.25, 0.3) is 0 Å². The van der Waals surface area contributed by atoms with Crippen LogP contribution < -0.4 is 0 Å². The highest BCUT2D eigenvalue weighted by Gasteiger charge is 2.58. The third-order valence-corrected chi connectivity index (χ3v) is 4.82. The Balaban J connectivity index is 1.99. The Bertz CT molecular complexity index is 362. The lowest BCUT2D eigenvalue weighted by Gasteiger charge is -2.51. The summed E-state index contributed by atoms with van der Waals surface area (Å²) in [5.74, 6) is -0.475. The third kappa shape index (κ3) is 1.18. The summed E-state index contributed by atoms with van der Waals surface area (Å²) in [6.07, 6.45) is 1.92. The Morgan fingerprint density at radius 2 is 1.56 bits per heavy atom. The van der Waals surface area contributed by atoms with Crippen molar-refractivity contribution >= 4 is 29.0 Å². The van der Waals surface area contributed by atoms with Crippen molar-refractivity contribution in [1.29, 1.82) is 0 Å². The first kappa shape index (κ1) is 10.5. The molecule has 4 saturated carbocycles. The van der Waals surface area contributed by atoms with Gasteiger partial charge in [-0.15, -0.1) is 11.6 Å². The highest BCUT2D eigenvalue weighted by atomic mass is 35.5. The Hall–Kier alpha value is -0.700. The van der Waals surface area contributed by atoms with Crippen molar-refractivity contribution in [3.05, 3.63) is 0 Å². The molecule has 3 nitrogen and oxygen atoms in total. The molecule has 4 heteroatoms. The van der Waals surface area contributed by atoms with Crippen molar-refractivity contribution < 1.29 is 14.4 Å². The Kier molecular flexibility index (Phi) is 2.22. The molecule has 4 aliphatic carbocycles. The van der Waals surface area contributed by atoms with E-state index in [9.17, 15) is 14.4 Å². The second-order valence-corrected chi connectivity index (χ2v) is 5.51. The summed E-state index contributed by atoms with van der Waals surface area (Å²) >= 11 is 5.57. The quantitative estimate of drug-likeness (QED) is 0.682. The summed E-state index contributed by atoms with van der Waals surface area (Å²) in [6, 6.07) is 0. The second kappa shape index (κ2) is 3.39. The van der Waals surface area contributed by atoms with Crippen LogP contribution in [0.4, 0.5) is 0 Å². The van der Waals surface area contributed by atoms with Gasteiger partial charge in [0.25, 0.3) is 0 Å². The molecule has 0 N–H and O–H groups in total. The Morgan fingerprint density at radius 3 is 2.00 bits per heavy atom. The zero-order valence-electron chi connectivity index (χ0n) is 8.82. The summed E-state index contributed by atoms with van der Waals surface area (Å²) in [5.41, 5.74) is 0. The van der Waals surface area contributed by atoms with E-state index >= 15 is 0 Å². The maximum atomic E-state index is 12.0. The van der Waals surface area contributed by atoms with Gasteiger partial charge < -0.3 is 0 Å². The van der Waals surface area contributed by atoms with E-state index in [-0.39, 0.29) is 46.9 Å². The monoisotopic (exact) mass is 240 g/mol. The third-order valence-electron chi connectivity index (χ3n) is 4.55. The van der Waals surface area contributed by atoms with Crippen molar-refractivity contribution in [1.82, 2.24) is 0 Å². The molecule has 4 bridgehead atoms. The lowest BCUT2D eigenvalue weighted by molar-refractivity contribution is -0.161. The molecular formula is C12H13ClO3. The van der Waals surface area contributed by atoms with E-state index in [1.165, 1.54) is 0 Å². The van der Waals surface area contributed by atoms with Crippen LogP contribution in [0.3, 0.4) is 0 Å². The first-order valence-electron chi connectivity index (χ1n) is 5.79. The largest absolute Gasteiger partial charge is 0.299 e. The molecule has 0 radical (unpaired) electrons. The van der Waals surface area contributed by atoms with Crippen LogP contribution in [-0.4, -0.2) is 23.2 Å². The molecule has 0 spiro atoms. The molecule has 0 heterocycles. The molecule has 0 aromatic heterocycles. The van der Waals surface area contributed by atoms with Gasteiger partial charge in [0.15, 0.2) is 5.78 Å². The van der Waals surface area contributed by atoms with Gasteiger partial charge >= 0.3 is 0 Å². The number of carbonyl (C=O) groups excluding carboxylic acids is 3. The van der Waals surface area contributed by atoms with E-state index in [0.29, 0.717) is 12.8 Å². The number of hydrogen-bond acceptors (Lipinski definition) is 3. The summed E-state index contributed by atoms with van der Waals surface area (Å²) in [6.45, 7) is 0. The molecule has 0 aromatic carbocycles. The molecular weight excluding hydrogens is 228 g/mol. The highest BCUT2D eigenvalue weighted by Crippen LogP contribution is 2.53.